The molecule has 0 saturated heterocycles. The fraction of sp³-hybridized carbons (Fsp3) is 0.0833. The molecule has 0 saturated carbocycles. The third-order valence-electron chi connectivity index (χ3n) is 5.08. The Bertz CT molecular complexity index is 1350. The predicted molar refractivity (Wildman–Crippen MR) is 123 cm³/mol. The first-order valence-electron chi connectivity index (χ1n) is 10.2. The molecule has 0 spiro atoms. The SMILES string of the molecule is Nc1c2c(-c3ccccc3)nc(NCCc3ccccn3)nc2nn1-c1ccc(F)cc1. The van der Waals surface area contributed by atoms with Gasteiger partial charge in [-0.15, -0.1) is 5.10 Å². The smallest absolute Gasteiger partial charge is 0.225 e. The fourth-order valence-electron chi connectivity index (χ4n) is 3.52. The lowest BCUT2D eigenvalue weighted by atomic mass is 10.1. The Balaban J connectivity index is 1.56. The van der Waals surface area contributed by atoms with Gasteiger partial charge in [0, 0.05) is 30.4 Å². The third-order valence-corrected chi connectivity index (χ3v) is 5.08. The number of halogens is 1. The molecular formula is C24H20FN7. The molecule has 5 aromatic rings. The van der Waals surface area contributed by atoms with E-state index in [1.807, 2.05) is 48.5 Å². The summed E-state index contributed by atoms with van der Waals surface area (Å²) in [6.07, 6.45) is 2.51. The van der Waals surface area contributed by atoms with Gasteiger partial charge in [0.1, 0.15) is 11.6 Å². The standard InChI is InChI=1S/C24H20FN7/c25-17-9-11-19(12-10-17)32-22(26)20-21(16-6-2-1-3-7-16)29-24(30-23(20)31-32)28-15-13-18-8-4-5-14-27-18/h1-12,14H,13,15,26H2,(H,28,30,31). The predicted octanol–water partition coefficient (Wildman–Crippen LogP) is 4.25. The summed E-state index contributed by atoms with van der Waals surface area (Å²) in [7, 11) is 0. The summed E-state index contributed by atoms with van der Waals surface area (Å²) in [5.74, 6) is 0.523. The van der Waals surface area contributed by atoms with Gasteiger partial charge in [0.2, 0.25) is 5.95 Å². The Hall–Kier alpha value is -4.33. The molecule has 5 rings (SSSR count). The first-order valence-corrected chi connectivity index (χ1v) is 10.2. The van der Waals surface area contributed by atoms with Crippen molar-refractivity contribution >= 4 is 22.8 Å². The van der Waals surface area contributed by atoms with E-state index in [0.29, 0.717) is 40.7 Å². The van der Waals surface area contributed by atoms with Crippen LogP contribution in [-0.4, -0.2) is 31.3 Å². The number of nitrogens with two attached hydrogens (primary N) is 1. The first-order chi connectivity index (χ1) is 15.7. The third kappa shape index (κ3) is 3.85. The van der Waals surface area contributed by atoms with E-state index >= 15 is 0 Å². The number of anilines is 2. The number of nitrogens with one attached hydrogen (secondary N) is 1. The molecule has 0 aliphatic carbocycles. The minimum Gasteiger partial charge on any atom is -0.383 e. The summed E-state index contributed by atoms with van der Waals surface area (Å²) in [5.41, 5.74) is 10.1. The molecule has 3 heterocycles. The number of hydrogen-bond donors (Lipinski definition) is 2. The molecule has 2 aromatic carbocycles. The number of nitrogens with zero attached hydrogens (tertiary/aromatic N) is 5. The van der Waals surface area contributed by atoms with Gasteiger partial charge in [0.05, 0.1) is 16.8 Å². The number of fused-ring (bicyclic) bond motifs is 1. The number of benzene rings is 2. The van der Waals surface area contributed by atoms with E-state index in [0.717, 1.165) is 17.7 Å². The van der Waals surface area contributed by atoms with Crippen molar-refractivity contribution in [2.24, 2.45) is 0 Å². The fourth-order valence-corrected chi connectivity index (χ4v) is 3.52. The highest BCUT2D eigenvalue weighted by molar-refractivity contribution is 5.99. The number of aromatic nitrogens is 5. The van der Waals surface area contributed by atoms with E-state index in [2.05, 4.69) is 20.4 Å². The molecule has 0 aliphatic heterocycles. The molecule has 8 heteroatoms. The van der Waals surface area contributed by atoms with Crippen molar-refractivity contribution in [2.75, 3.05) is 17.6 Å². The van der Waals surface area contributed by atoms with Gasteiger partial charge in [-0.25, -0.2) is 14.1 Å². The van der Waals surface area contributed by atoms with Crippen molar-refractivity contribution in [3.63, 3.8) is 0 Å². The summed E-state index contributed by atoms with van der Waals surface area (Å²) in [6, 6.07) is 21.6. The van der Waals surface area contributed by atoms with Crippen LogP contribution in [0.4, 0.5) is 16.2 Å². The van der Waals surface area contributed by atoms with E-state index in [-0.39, 0.29) is 5.82 Å². The minimum atomic E-state index is -0.326. The summed E-state index contributed by atoms with van der Waals surface area (Å²) >= 11 is 0. The molecule has 0 fully saturated rings. The molecule has 0 unspecified atom stereocenters. The van der Waals surface area contributed by atoms with Gasteiger partial charge in [-0.1, -0.05) is 36.4 Å². The van der Waals surface area contributed by atoms with Crippen LogP contribution in [-0.2, 0) is 6.42 Å². The van der Waals surface area contributed by atoms with Crippen LogP contribution in [0, 0.1) is 5.82 Å². The van der Waals surface area contributed by atoms with Crippen LogP contribution in [0.3, 0.4) is 0 Å². The van der Waals surface area contributed by atoms with Gasteiger partial charge < -0.3 is 11.1 Å². The van der Waals surface area contributed by atoms with Crippen LogP contribution >= 0.6 is 0 Å². The quantitative estimate of drug-likeness (QED) is 0.422. The maximum Gasteiger partial charge on any atom is 0.225 e. The second-order valence-corrected chi connectivity index (χ2v) is 7.23. The molecule has 7 nitrogen and oxygen atoms in total. The van der Waals surface area contributed by atoms with Crippen molar-refractivity contribution in [2.45, 2.75) is 6.42 Å². The minimum absolute atomic E-state index is 0.326. The Morgan fingerprint density at radius 3 is 2.44 bits per heavy atom. The van der Waals surface area contributed by atoms with Crippen LogP contribution in [0.2, 0.25) is 0 Å². The van der Waals surface area contributed by atoms with Crippen LogP contribution in [0.15, 0.2) is 79.0 Å². The highest BCUT2D eigenvalue weighted by Gasteiger charge is 2.19. The number of rotatable bonds is 6. The van der Waals surface area contributed by atoms with Gasteiger partial charge >= 0.3 is 0 Å². The lowest BCUT2D eigenvalue weighted by Gasteiger charge is -2.08. The van der Waals surface area contributed by atoms with Gasteiger partial charge in [-0.3, -0.25) is 4.98 Å². The van der Waals surface area contributed by atoms with Crippen molar-refractivity contribution in [3.8, 4) is 16.9 Å². The Labute approximate surface area is 183 Å². The summed E-state index contributed by atoms with van der Waals surface area (Å²) in [5, 5.41) is 8.51. The van der Waals surface area contributed by atoms with E-state index in [1.54, 1.807) is 23.0 Å². The average molecular weight is 425 g/mol. The molecule has 0 amide bonds. The second kappa shape index (κ2) is 8.43. The van der Waals surface area contributed by atoms with Gasteiger partial charge in [0.25, 0.3) is 0 Å². The van der Waals surface area contributed by atoms with E-state index in [1.165, 1.54) is 12.1 Å². The van der Waals surface area contributed by atoms with Crippen LogP contribution in [0.5, 0.6) is 0 Å². The number of pyridine rings is 1. The van der Waals surface area contributed by atoms with Gasteiger partial charge in [-0.2, -0.15) is 4.98 Å². The Kier molecular flexibility index (Phi) is 5.17. The maximum atomic E-state index is 13.4. The average Bonchev–Trinajstić information content (AvgIpc) is 3.16. The molecule has 0 aliphatic rings. The first kappa shape index (κ1) is 19.6. The zero-order valence-electron chi connectivity index (χ0n) is 17.1. The maximum absolute atomic E-state index is 13.4. The van der Waals surface area contributed by atoms with Gasteiger partial charge in [-0.05, 0) is 36.4 Å². The molecule has 32 heavy (non-hydrogen) atoms. The van der Waals surface area contributed by atoms with Crippen molar-refractivity contribution in [3.05, 3.63) is 90.5 Å². The zero-order chi connectivity index (χ0) is 21.9. The molecule has 158 valence electrons. The molecule has 3 N–H and O–H groups in total. The summed E-state index contributed by atoms with van der Waals surface area (Å²) < 4.78 is 14.9. The molecule has 0 atom stereocenters. The summed E-state index contributed by atoms with van der Waals surface area (Å²) in [6.45, 7) is 0.616. The Morgan fingerprint density at radius 1 is 0.906 bits per heavy atom. The monoisotopic (exact) mass is 425 g/mol. The van der Waals surface area contributed by atoms with Crippen LogP contribution in [0.1, 0.15) is 5.69 Å². The van der Waals surface area contributed by atoms with Crippen LogP contribution in [0.25, 0.3) is 28.0 Å². The van der Waals surface area contributed by atoms with Crippen molar-refractivity contribution < 1.29 is 4.39 Å². The van der Waals surface area contributed by atoms with Crippen molar-refractivity contribution in [1.82, 2.24) is 24.7 Å². The largest absolute Gasteiger partial charge is 0.383 e. The van der Waals surface area contributed by atoms with E-state index in [4.69, 9.17) is 10.7 Å². The topological polar surface area (TPSA) is 94.5 Å². The van der Waals surface area contributed by atoms with Gasteiger partial charge in [0.15, 0.2) is 5.65 Å². The van der Waals surface area contributed by atoms with E-state index < -0.39 is 0 Å². The Morgan fingerprint density at radius 2 is 1.69 bits per heavy atom. The molecular weight excluding hydrogens is 405 g/mol. The lowest BCUT2D eigenvalue weighted by molar-refractivity contribution is 0.627. The van der Waals surface area contributed by atoms with E-state index in [9.17, 15) is 4.39 Å². The van der Waals surface area contributed by atoms with Crippen LogP contribution < -0.4 is 11.1 Å². The number of nitrogen functional groups attached to an aromatic ring is 1. The highest BCUT2D eigenvalue weighted by Crippen LogP contribution is 2.32. The highest BCUT2D eigenvalue weighted by atomic mass is 19.1. The number of hydrogen-bond acceptors (Lipinski definition) is 6. The summed E-state index contributed by atoms with van der Waals surface area (Å²) in [4.78, 5) is 13.7. The molecule has 3 aromatic heterocycles. The van der Waals surface area contributed by atoms with Crippen molar-refractivity contribution in [1.29, 1.82) is 0 Å². The molecule has 0 radical (unpaired) electrons. The normalized spacial score (nSPS) is 11.0. The molecule has 0 bridgehead atoms. The zero-order valence-corrected chi connectivity index (χ0v) is 17.1. The second-order valence-electron chi connectivity index (χ2n) is 7.23. The lowest BCUT2D eigenvalue weighted by Crippen LogP contribution is -2.09.